The fraction of sp³-hybridized carbons (Fsp3) is 0.600. The normalized spacial score (nSPS) is 22.2. The van der Waals surface area contributed by atoms with E-state index >= 15 is 0 Å². The Hall–Kier alpha value is -1.13. The highest BCUT2D eigenvalue weighted by Gasteiger charge is 2.39. The Bertz CT molecular complexity index is 442. The summed E-state index contributed by atoms with van der Waals surface area (Å²) >= 11 is 0. The molecule has 1 N–H and O–H groups in total. The zero-order chi connectivity index (χ0) is 13.2. The molecule has 0 spiro atoms. The van der Waals surface area contributed by atoms with Gasteiger partial charge in [-0.05, 0) is 30.9 Å². The molecule has 4 heteroatoms. The van der Waals surface area contributed by atoms with Gasteiger partial charge in [-0.3, -0.25) is 4.90 Å². The van der Waals surface area contributed by atoms with E-state index in [9.17, 15) is 4.39 Å². The molecule has 1 heterocycles. The maximum atomic E-state index is 14.3. The summed E-state index contributed by atoms with van der Waals surface area (Å²) in [7, 11) is 1.62. The van der Waals surface area contributed by atoms with Gasteiger partial charge in [-0.15, -0.1) is 0 Å². The van der Waals surface area contributed by atoms with Crippen LogP contribution in [0.1, 0.15) is 24.4 Å². The van der Waals surface area contributed by atoms with Crippen LogP contribution in [0.5, 0.6) is 5.75 Å². The van der Waals surface area contributed by atoms with Crippen LogP contribution in [-0.4, -0.2) is 38.2 Å². The van der Waals surface area contributed by atoms with Crippen LogP contribution in [0.15, 0.2) is 18.2 Å². The van der Waals surface area contributed by atoms with Gasteiger partial charge < -0.3 is 10.1 Å². The van der Waals surface area contributed by atoms with Crippen LogP contribution in [0, 0.1) is 11.7 Å². The van der Waals surface area contributed by atoms with Crippen molar-refractivity contribution in [2.45, 2.75) is 18.9 Å². The Balaban J connectivity index is 1.95. The summed E-state index contributed by atoms with van der Waals surface area (Å²) < 4.78 is 19.7. The molecule has 19 heavy (non-hydrogen) atoms. The lowest BCUT2D eigenvalue weighted by atomic mass is 9.98. The fourth-order valence-corrected chi connectivity index (χ4v) is 3.07. The van der Waals surface area contributed by atoms with Crippen LogP contribution >= 0.6 is 0 Å². The molecule has 1 saturated carbocycles. The average Bonchev–Trinajstić information content (AvgIpc) is 3.27. The molecule has 1 aliphatic heterocycles. The van der Waals surface area contributed by atoms with E-state index in [0.29, 0.717) is 11.7 Å². The van der Waals surface area contributed by atoms with Gasteiger partial charge in [-0.2, -0.15) is 0 Å². The Labute approximate surface area is 113 Å². The van der Waals surface area contributed by atoms with E-state index in [2.05, 4.69) is 10.2 Å². The smallest absolute Gasteiger partial charge is 0.131 e. The number of hydrogen-bond acceptors (Lipinski definition) is 3. The summed E-state index contributed by atoms with van der Waals surface area (Å²) in [6.07, 6.45) is 2.40. The predicted octanol–water partition coefficient (Wildman–Crippen LogP) is 2.19. The number of rotatable bonds is 4. The first kappa shape index (κ1) is 12.9. The predicted molar refractivity (Wildman–Crippen MR) is 72.9 cm³/mol. The number of nitrogens with zero attached hydrogens (tertiary/aromatic N) is 1. The number of benzene rings is 1. The molecule has 104 valence electrons. The molecule has 2 fully saturated rings. The number of nitrogens with one attached hydrogen (secondary N) is 1. The zero-order valence-electron chi connectivity index (χ0n) is 11.4. The van der Waals surface area contributed by atoms with Crippen molar-refractivity contribution in [2.24, 2.45) is 5.92 Å². The van der Waals surface area contributed by atoms with E-state index in [-0.39, 0.29) is 11.9 Å². The van der Waals surface area contributed by atoms with Crippen LogP contribution in [0.4, 0.5) is 4.39 Å². The van der Waals surface area contributed by atoms with Crippen molar-refractivity contribution in [3.05, 3.63) is 29.6 Å². The summed E-state index contributed by atoms with van der Waals surface area (Å²) in [5.74, 6) is 1.15. The van der Waals surface area contributed by atoms with Crippen molar-refractivity contribution < 1.29 is 9.13 Å². The lowest BCUT2D eigenvalue weighted by Crippen LogP contribution is -2.46. The van der Waals surface area contributed by atoms with Gasteiger partial charge >= 0.3 is 0 Å². The van der Waals surface area contributed by atoms with E-state index in [1.165, 1.54) is 12.8 Å². The number of ether oxygens (including phenoxy) is 1. The Morgan fingerprint density at radius 3 is 2.68 bits per heavy atom. The molecule has 2 aliphatic rings. The summed E-state index contributed by atoms with van der Waals surface area (Å²) in [5.41, 5.74) is 0.759. The quantitative estimate of drug-likeness (QED) is 0.902. The minimum Gasteiger partial charge on any atom is -0.496 e. The van der Waals surface area contributed by atoms with Crippen molar-refractivity contribution in [1.82, 2.24) is 10.2 Å². The molecule has 1 aliphatic carbocycles. The second-order valence-corrected chi connectivity index (χ2v) is 5.42. The van der Waals surface area contributed by atoms with Gasteiger partial charge in [0.05, 0.1) is 7.11 Å². The zero-order valence-corrected chi connectivity index (χ0v) is 11.4. The molecule has 0 amide bonds. The molecule has 3 nitrogen and oxygen atoms in total. The van der Waals surface area contributed by atoms with E-state index in [1.54, 1.807) is 19.2 Å². The van der Waals surface area contributed by atoms with Gasteiger partial charge in [0.1, 0.15) is 11.6 Å². The van der Waals surface area contributed by atoms with Gasteiger partial charge in [-0.1, -0.05) is 6.07 Å². The summed E-state index contributed by atoms with van der Waals surface area (Å²) in [4.78, 5) is 2.41. The van der Waals surface area contributed by atoms with E-state index in [1.807, 2.05) is 6.07 Å². The Morgan fingerprint density at radius 2 is 2.05 bits per heavy atom. The van der Waals surface area contributed by atoms with Crippen molar-refractivity contribution in [1.29, 1.82) is 0 Å². The number of methoxy groups -OCH3 is 1. The molecular formula is C15H21FN2O. The van der Waals surface area contributed by atoms with E-state index < -0.39 is 0 Å². The van der Waals surface area contributed by atoms with Crippen molar-refractivity contribution in [2.75, 3.05) is 33.3 Å². The minimum absolute atomic E-state index is 0.130. The minimum atomic E-state index is -0.130. The summed E-state index contributed by atoms with van der Waals surface area (Å²) in [6, 6.07) is 5.32. The third-order valence-electron chi connectivity index (χ3n) is 4.14. The molecule has 0 radical (unpaired) electrons. The Kier molecular flexibility index (Phi) is 3.71. The largest absolute Gasteiger partial charge is 0.496 e. The summed E-state index contributed by atoms with van der Waals surface area (Å²) in [6.45, 7) is 3.94. The lowest BCUT2D eigenvalue weighted by Gasteiger charge is -2.36. The molecule has 0 bridgehead atoms. The Morgan fingerprint density at radius 1 is 1.32 bits per heavy atom. The van der Waals surface area contributed by atoms with Gasteiger partial charge in [-0.25, -0.2) is 4.39 Å². The molecule has 3 rings (SSSR count). The highest BCUT2D eigenvalue weighted by Crippen LogP contribution is 2.47. The summed E-state index contributed by atoms with van der Waals surface area (Å²) in [5, 5.41) is 3.36. The number of piperazine rings is 1. The van der Waals surface area contributed by atoms with Gasteiger partial charge in [0.2, 0.25) is 0 Å². The molecular weight excluding hydrogens is 243 g/mol. The number of halogens is 1. The first-order valence-electron chi connectivity index (χ1n) is 7.08. The molecule has 1 saturated heterocycles. The second kappa shape index (κ2) is 5.47. The van der Waals surface area contributed by atoms with Crippen molar-refractivity contribution >= 4 is 0 Å². The van der Waals surface area contributed by atoms with Crippen LogP contribution in [0.25, 0.3) is 0 Å². The van der Waals surface area contributed by atoms with Crippen LogP contribution in [-0.2, 0) is 0 Å². The lowest BCUT2D eigenvalue weighted by molar-refractivity contribution is 0.150. The molecule has 1 aromatic rings. The topological polar surface area (TPSA) is 24.5 Å². The highest BCUT2D eigenvalue weighted by molar-refractivity contribution is 5.38. The van der Waals surface area contributed by atoms with Crippen molar-refractivity contribution in [3.8, 4) is 5.75 Å². The van der Waals surface area contributed by atoms with Crippen LogP contribution < -0.4 is 10.1 Å². The molecule has 0 unspecified atom stereocenters. The first-order valence-corrected chi connectivity index (χ1v) is 7.08. The monoisotopic (exact) mass is 264 g/mol. The number of hydrogen-bond donors (Lipinski definition) is 1. The van der Waals surface area contributed by atoms with E-state index in [4.69, 9.17) is 4.74 Å². The van der Waals surface area contributed by atoms with Gasteiger partial charge in [0, 0.05) is 37.8 Å². The third kappa shape index (κ3) is 2.60. The molecule has 1 aromatic carbocycles. The average molecular weight is 264 g/mol. The van der Waals surface area contributed by atoms with E-state index in [0.717, 1.165) is 31.7 Å². The second-order valence-electron chi connectivity index (χ2n) is 5.42. The fourth-order valence-electron chi connectivity index (χ4n) is 3.07. The van der Waals surface area contributed by atoms with Crippen LogP contribution in [0.2, 0.25) is 0 Å². The molecule has 0 aromatic heterocycles. The third-order valence-corrected chi connectivity index (χ3v) is 4.14. The van der Waals surface area contributed by atoms with Crippen LogP contribution in [0.3, 0.4) is 0 Å². The van der Waals surface area contributed by atoms with Gasteiger partial charge in [0.15, 0.2) is 0 Å². The van der Waals surface area contributed by atoms with Crippen molar-refractivity contribution in [3.63, 3.8) is 0 Å². The highest BCUT2D eigenvalue weighted by atomic mass is 19.1. The standard InChI is InChI=1S/C15H21FN2O/c1-19-13-4-2-3-12(16)14(13)15(11-5-6-11)18-9-7-17-8-10-18/h2-4,11,15,17H,5-10H2,1H3/t15-/m0/s1. The maximum absolute atomic E-state index is 14.3. The van der Waals surface area contributed by atoms with Gasteiger partial charge in [0.25, 0.3) is 0 Å². The SMILES string of the molecule is COc1cccc(F)c1[C@H](C1CC1)N1CCNCC1. The first-order chi connectivity index (χ1) is 9.31. The molecule has 1 atom stereocenters. The maximum Gasteiger partial charge on any atom is 0.131 e.